The van der Waals surface area contributed by atoms with Crippen LogP contribution >= 0.6 is 11.3 Å². The van der Waals surface area contributed by atoms with Gasteiger partial charge in [0, 0.05) is 6.04 Å². The Kier molecular flexibility index (Phi) is 5.17. The Labute approximate surface area is 128 Å². The number of hydrogen-bond acceptors (Lipinski definition) is 2. The zero-order valence-electron chi connectivity index (χ0n) is 12.8. The van der Waals surface area contributed by atoms with Crippen molar-refractivity contribution >= 4 is 11.3 Å². The molecule has 2 fully saturated rings. The summed E-state index contributed by atoms with van der Waals surface area (Å²) in [7, 11) is 0. The highest BCUT2D eigenvalue weighted by Crippen LogP contribution is 2.38. The van der Waals surface area contributed by atoms with Crippen LogP contribution in [0.5, 0.6) is 0 Å². The van der Waals surface area contributed by atoms with Crippen molar-refractivity contribution < 1.29 is 0 Å². The number of rotatable bonds is 7. The first-order valence-corrected chi connectivity index (χ1v) is 9.54. The van der Waals surface area contributed by atoms with Crippen molar-refractivity contribution in [3.63, 3.8) is 0 Å². The molecule has 0 bridgehead atoms. The van der Waals surface area contributed by atoms with Crippen molar-refractivity contribution in [3.05, 3.63) is 22.4 Å². The average molecular weight is 292 g/mol. The summed E-state index contributed by atoms with van der Waals surface area (Å²) >= 11 is 1.85. The molecule has 1 nitrogen and oxygen atoms in total. The summed E-state index contributed by atoms with van der Waals surface area (Å²) in [4.78, 5) is 0. The van der Waals surface area contributed by atoms with Crippen LogP contribution in [0.2, 0.25) is 0 Å². The molecule has 2 saturated carbocycles. The van der Waals surface area contributed by atoms with Crippen LogP contribution in [0.25, 0.3) is 0 Å². The second kappa shape index (κ2) is 7.09. The maximum absolute atomic E-state index is 3.79. The third-order valence-corrected chi connectivity index (χ3v) is 6.00. The zero-order valence-corrected chi connectivity index (χ0v) is 13.6. The van der Waals surface area contributed by atoms with Crippen LogP contribution in [-0.2, 0) is 6.42 Å². The van der Waals surface area contributed by atoms with E-state index in [2.05, 4.69) is 29.1 Å². The normalized spacial score (nSPS) is 30.6. The van der Waals surface area contributed by atoms with Crippen LogP contribution in [0.4, 0.5) is 0 Å². The Bertz CT molecular complexity index is 382. The zero-order chi connectivity index (χ0) is 13.8. The molecule has 3 unspecified atom stereocenters. The van der Waals surface area contributed by atoms with Gasteiger partial charge in [0.15, 0.2) is 0 Å². The molecule has 20 heavy (non-hydrogen) atoms. The van der Waals surface area contributed by atoms with Crippen molar-refractivity contribution in [3.8, 4) is 0 Å². The fraction of sp³-hybridized carbons (Fsp3) is 0.778. The van der Waals surface area contributed by atoms with Crippen LogP contribution < -0.4 is 5.32 Å². The van der Waals surface area contributed by atoms with E-state index in [1.54, 1.807) is 5.56 Å². The second-order valence-corrected chi connectivity index (χ2v) is 7.79. The minimum Gasteiger partial charge on any atom is -0.314 e. The Morgan fingerprint density at radius 3 is 2.80 bits per heavy atom. The van der Waals surface area contributed by atoms with E-state index in [1.807, 2.05) is 11.3 Å². The van der Waals surface area contributed by atoms with E-state index in [0.29, 0.717) is 0 Å². The van der Waals surface area contributed by atoms with Gasteiger partial charge in [-0.3, -0.25) is 0 Å². The topological polar surface area (TPSA) is 12.0 Å². The monoisotopic (exact) mass is 291 g/mol. The molecule has 3 rings (SSSR count). The van der Waals surface area contributed by atoms with Gasteiger partial charge in [0.2, 0.25) is 0 Å². The number of hydrogen-bond donors (Lipinski definition) is 1. The first kappa shape index (κ1) is 14.6. The molecule has 1 aromatic rings. The molecule has 1 N–H and O–H groups in total. The van der Waals surface area contributed by atoms with E-state index in [4.69, 9.17) is 0 Å². The molecule has 0 amide bonds. The molecule has 0 aromatic carbocycles. The largest absolute Gasteiger partial charge is 0.314 e. The van der Waals surface area contributed by atoms with E-state index in [0.717, 1.165) is 23.8 Å². The van der Waals surface area contributed by atoms with Gasteiger partial charge >= 0.3 is 0 Å². The number of thiophene rings is 1. The van der Waals surface area contributed by atoms with E-state index < -0.39 is 0 Å². The van der Waals surface area contributed by atoms with E-state index in [9.17, 15) is 0 Å². The molecule has 3 atom stereocenters. The first-order valence-electron chi connectivity index (χ1n) is 8.59. The summed E-state index contributed by atoms with van der Waals surface area (Å²) in [6.45, 7) is 3.62. The molecule has 0 saturated heterocycles. The summed E-state index contributed by atoms with van der Waals surface area (Å²) in [5.41, 5.74) is 1.58. The summed E-state index contributed by atoms with van der Waals surface area (Å²) in [6.07, 6.45) is 11.4. The third kappa shape index (κ3) is 4.08. The van der Waals surface area contributed by atoms with Crippen LogP contribution in [0.15, 0.2) is 16.8 Å². The van der Waals surface area contributed by atoms with E-state index in [1.165, 1.54) is 57.9 Å². The summed E-state index contributed by atoms with van der Waals surface area (Å²) in [5, 5.41) is 8.38. The van der Waals surface area contributed by atoms with Crippen molar-refractivity contribution in [2.45, 2.75) is 64.3 Å². The molecule has 0 spiro atoms. The fourth-order valence-electron chi connectivity index (χ4n) is 3.93. The van der Waals surface area contributed by atoms with Crippen LogP contribution in [0.1, 0.15) is 57.4 Å². The molecule has 2 aliphatic carbocycles. The lowest BCUT2D eigenvalue weighted by Gasteiger charge is -2.36. The SMILES string of the molecule is CCCC1CCC(CNC2CC2)C(Cc2ccsc2)C1. The highest BCUT2D eigenvalue weighted by Gasteiger charge is 2.31. The Balaban J connectivity index is 1.57. The second-order valence-electron chi connectivity index (χ2n) is 7.01. The lowest BCUT2D eigenvalue weighted by molar-refractivity contribution is 0.167. The lowest BCUT2D eigenvalue weighted by Crippen LogP contribution is -2.35. The molecule has 0 radical (unpaired) electrons. The van der Waals surface area contributed by atoms with Gasteiger partial charge in [-0.2, -0.15) is 11.3 Å². The maximum Gasteiger partial charge on any atom is 0.00683 e. The van der Waals surface area contributed by atoms with Crippen LogP contribution in [-0.4, -0.2) is 12.6 Å². The molecule has 0 aliphatic heterocycles. The minimum atomic E-state index is 0.866. The average Bonchev–Trinajstić information content (AvgIpc) is 3.14. The van der Waals surface area contributed by atoms with Gasteiger partial charge in [0.05, 0.1) is 0 Å². The summed E-state index contributed by atoms with van der Waals surface area (Å²) < 4.78 is 0. The molecular weight excluding hydrogens is 262 g/mol. The van der Waals surface area contributed by atoms with Gasteiger partial charge in [0.25, 0.3) is 0 Å². The van der Waals surface area contributed by atoms with E-state index in [-0.39, 0.29) is 0 Å². The van der Waals surface area contributed by atoms with E-state index >= 15 is 0 Å². The Morgan fingerprint density at radius 2 is 2.10 bits per heavy atom. The third-order valence-electron chi connectivity index (χ3n) is 5.27. The molecule has 2 aliphatic rings. The Hall–Kier alpha value is -0.340. The molecule has 1 aromatic heterocycles. The standard InChI is InChI=1S/C18H29NS/c1-2-3-14-4-5-16(12-19-18-6-7-18)17(10-14)11-15-8-9-20-13-15/h8-9,13-14,16-19H,2-7,10-12H2,1H3. The molecule has 2 heteroatoms. The Morgan fingerprint density at radius 1 is 1.20 bits per heavy atom. The highest BCUT2D eigenvalue weighted by molar-refractivity contribution is 7.07. The highest BCUT2D eigenvalue weighted by atomic mass is 32.1. The number of nitrogens with one attached hydrogen (secondary N) is 1. The van der Waals surface area contributed by atoms with Crippen LogP contribution in [0.3, 0.4) is 0 Å². The van der Waals surface area contributed by atoms with Gasteiger partial charge in [-0.1, -0.05) is 26.2 Å². The smallest absolute Gasteiger partial charge is 0.00683 e. The minimum absolute atomic E-state index is 0.866. The fourth-order valence-corrected chi connectivity index (χ4v) is 4.61. The van der Waals surface area contributed by atoms with Gasteiger partial charge in [-0.25, -0.2) is 0 Å². The maximum atomic E-state index is 3.79. The summed E-state index contributed by atoms with van der Waals surface area (Å²) in [6, 6.07) is 3.20. The van der Waals surface area contributed by atoms with Crippen molar-refractivity contribution in [1.29, 1.82) is 0 Å². The van der Waals surface area contributed by atoms with Gasteiger partial charge < -0.3 is 5.32 Å². The van der Waals surface area contributed by atoms with Gasteiger partial charge in [0.1, 0.15) is 0 Å². The summed E-state index contributed by atoms with van der Waals surface area (Å²) in [5.74, 6) is 2.84. The van der Waals surface area contributed by atoms with Gasteiger partial charge in [-0.05, 0) is 78.8 Å². The first-order chi connectivity index (χ1) is 9.85. The van der Waals surface area contributed by atoms with Crippen molar-refractivity contribution in [1.82, 2.24) is 5.32 Å². The predicted octanol–water partition coefficient (Wildman–Crippen LogP) is 4.88. The van der Waals surface area contributed by atoms with Gasteiger partial charge in [-0.15, -0.1) is 0 Å². The van der Waals surface area contributed by atoms with Crippen LogP contribution in [0, 0.1) is 17.8 Å². The molecule has 1 heterocycles. The quantitative estimate of drug-likeness (QED) is 0.755. The molecular formula is C18H29NS. The van der Waals surface area contributed by atoms with Crippen molar-refractivity contribution in [2.75, 3.05) is 6.54 Å². The van der Waals surface area contributed by atoms with Crippen molar-refractivity contribution in [2.24, 2.45) is 17.8 Å². The lowest BCUT2D eigenvalue weighted by atomic mass is 9.70. The molecule has 112 valence electrons. The predicted molar refractivity (Wildman–Crippen MR) is 88.3 cm³/mol.